The van der Waals surface area contributed by atoms with Gasteiger partial charge in [-0.25, -0.2) is 13.1 Å². The Morgan fingerprint density at radius 2 is 2.40 bits per heavy atom. The molecule has 0 aromatic carbocycles. The van der Waals surface area contributed by atoms with Gasteiger partial charge >= 0.3 is 0 Å². The van der Waals surface area contributed by atoms with Crippen molar-refractivity contribution >= 4 is 39.0 Å². The van der Waals surface area contributed by atoms with E-state index in [4.69, 9.17) is 5.73 Å². The van der Waals surface area contributed by atoms with Crippen molar-refractivity contribution in [3.8, 4) is 0 Å². The van der Waals surface area contributed by atoms with E-state index in [1.807, 2.05) is 11.8 Å². The van der Waals surface area contributed by atoms with Gasteiger partial charge in [-0.2, -0.15) is 11.8 Å². The molecule has 3 N–H and O–H groups in total. The van der Waals surface area contributed by atoms with Crippen molar-refractivity contribution in [2.75, 3.05) is 12.3 Å². The van der Waals surface area contributed by atoms with Gasteiger partial charge in [0.1, 0.15) is 5.25 Å². The number of hydrogen-bond acceptors (Lipinski definition) is 4. The highest BCUT2D eigenvalue weighted by Crippen LogP contribution is 2.25. The van der Waals surface area contributed by atoms with Crippen molar-refractivity contribution < 1.29 is 8.42 Å². The minimum Gasteiger partial charge on any atom is -0.392 e. The van der Waals surface area contributed by atoms with Crippen LogP contribution in [0.4, 0.5) is 0 Å². The molecule has 1 heterocycles. The van der Waals surface area contributed by atoms with Crippen molar-refractivity contribution in [2.45, 2.75) is 30.3 Å². The largest absolute Gasteiger partial charge is 0.392 e. The number of rotatable bonds is 5. The molecule has 1 rings (SSSR count). The highest BCUT2D eigenvalue weighted by Gasteiger charge is 2.25. The summed E-state index contributed by atoms with van der Waals surface area (Å²) in [6.45, 7) is 1.99. The maximum atomic E-state index is 11.6. The SMILES string of the molecule is CC(C(N)=S)S(=O)(=O)NCC1CCCS1. The van der Waals surface area contributed by atoms with Crippen LogP contribution in [0.2, 0.25) is 0 Å². The van der Waals surface area contributed by atoms with Crippen molar-refractivity contribution in [3.05, 3.63) is 0 Å². The van der Waals surface area contributed by atoms with Crippen LogP contribution >= 0.6 is 24.0 Å². The summed E-state index contributed by atoms with van der Waals surface area (Å²) >= 11 is 6.48. The van der Waals surface area contributed by atoms with Crippen LogP contribution in [0.5, 0.6) is 0 Å². The second-order valence-electron chi connectivity index (χ2n) is 3.57. The van der Waals surface area contributed by atoms with Gasteiger partial charge in [0.25, 0.3) is 0 Å². The standard InChI is InChI=1S/C8H16N2O2S3/c1-6(8(9)13)15(11,12)10-5-7-3-2-4-14-7/h6-7,10H,2-5H2,1H3,(H2,9,13). The molecule has 1 fully saturated rings. The van der Waals surface area contributed by atoms with Crippen LogP contribution in [-0.2, 0) is 10.0 Å². The van der Waals surface area contributed by atoms with Gasteiger partial charge in [0.05, 0.1) is 4.99 Å². The lowest BCUT2D eigenvalue weighted by Gasteiger charge is -2.14. The maximum Gasteiger partial charge on any atom is 0.220 e. The molecular formula is C8H16N2O2S3. The predicted octanol–water partition coefficient (Wildman–Crippen LogP) is 0.476. The second-order valence-corrected chi connectivity index (χ2v) is 7.54. The van der Waals surface area contributed by atoms with Crippen molar-refractivity contribution in [1.82, 2.24) is 4.72 Å². The van der Waals surface area contributed by atoms with Crippen LogP contribution in [0, 0.1) is 0 Å². The average Bonchev–Trinajstić information content (AvgIpc) is 2.66. The molecule has 15 heavy (non-hydrogen) atoms. The van der Waals surface area contributed by atoms with Crippen LogP contribution in [0.1, 0.15) is 19.8 Å². The Balaban J connectivity index is 2.45. The fourth-order valence-electron chi connectivity index (χ4n) is 1.29. The maximum absolute atomic E-state index is 11.6. The zero-order valence-electron chi connectivity index (χ0n) is 8.60. The topological polar surface area (TPSA) is 72.2 Å². The molecule has 1 aliphatic rings. The minimum absolute atomic E-state index is 0.0153. The Labute approximate surface area is 100 Å². The molecule has 7 heteroatoms. The number of nitrogens with one attached hydrogen (secondary N) is 1. The van der Waals surface area contributed by atoms with Gasteiger partial charge in [-0.05, 0) is 25.5 Å². The van der Waals surface area contributed by atoms with Gasteiger partial charge in [0, 0.05) is 11.8 Å². The van der Waals surface area contributed by atoms with E-state index in [9.17, 15) is 8.42 Å². The third-order valence-corrected chi connectivity index (χ3v) is 6.06. The molecule has 0 aromatic rings. The summed E-state index contributed by atoms with van der Waals surface area (Å²) in [7, 11) is -3.38. The number of hydrogen-bond donors (Lipinski definition) is 2. The Hall–Kier alpha value is 0.150. The molecule has 1 aliphatic heterocycles. The van der Waals surface area contributed by atoms with Gasteiger partial charge in [-0.1, -0.05) is 12.2 Å². The first kappa shape index (κ1) is 13.2. The third-order valence-electron chi connectivity index (χ3n) is 2.40. The molecule has 0 bridgehead atoms. The Kier molecular flexibility index (Phi) is 4.82. The van der Waals surface area contributed by atoms with Crippen LogP contribution in [0.25, 0.3) is 0 Å². The number of sulfonamides is 1. The summed E-state index contributed by atoms with van der Waals surface area (Å²) in [5.41, 5.74) is 5.31. The predicted molar refractivity (Wildman–Crippen MR) is 68.6 cm³/mol. The molecule has 0 aliphatic carbocycles. The minimum atomic E-state index is -3.38. The van der Waals surface area contributed by atoms with E-state index >= 15 is 0 Å². The monoisotopic (exact) mass is 268 g/mol. The quantitative estimate of drug-likeness (QED) is 0.710. The first-order valence-electron chi connectivity index (χ1n) is 4.83. The summed E-state index contributed by atoms with van der Waals surface area (Å²) in [6.07, 6.45) is 2.25. The number of thiocarbonyl (C=S) groups is 1. The van der Waals surface area contributed by atoms with Crippen molar-refractivity contribution in [2.24, 2.45) is 5.73 Å². The molecule has 0 amide bonds. The van der Waals surface area contributed by atoms with E-state index in [0.29, 0.717) is 11.8 Å². The first-order chi connectivity index (χ1) is 6.93. The van der Waals surface area contributed by atoms with E-state index in [1.165, 1.54) is 13.3 Å². The van der Waals surface area contributed by atoms with E-state index in [0.717, 1.165) is 12.2 Å². The van der Waals surface area contributed by atoms with Crippen LogP contribution in [-0.4, -0.2) is 36.2 Å². The van der Waals surface area contributed by atoms with Gasteiger partial charge in [-0.15, -0.1) is 0 Å². The van der Waals surface area contributed by atoms with Gasteiger partial charge in [0.2, 0.25) is 10.0 Å². The lowest BCUT2D eigenvalue weighted by Crippen LogP contribution is -2.42. The Morgan fingerprint density at radius 3 is 2.87 bits per heavy atom. The molecule has 2 unspecified atom stereocenters. The summed E-state index contributed by atoms with van der Waals surface area (Å²) in [5.74, 6) is 1.12. The highest BCUT2D eigenvalue weighted by molar-refractivity contribution is 8.00. The molecule has 0 aromatic heterocycles. The van der Waals surface area contributed by atoms with Gasteiger partial charge in [0.15, 0.2) is 0 Å². The third kappa shape index (κ3) is 3.90. The fourth-order valence-corrected chi connectivity index (χ4v) is 3.97. The molecule has 0 saturated carbocycles. The van der Waals surface area contributed by atoms with Gasteiger partial charge < -0.3 is 5.73 Å². The van der Waals surface area contributed by atoms with E-state index < -0.39 is 15.3 Å². The average molecular weight is 268 g/mol. The highest BCUT2D eigenvalue weighted by atomic mass is 32.2. The van der Waals surface area contributed by atoms with E-state index in [1.54, 1.807) is 0 Å². The lowest BCUT2D eigenvalue weighted by atomic mass is 10.2. The summed E-state index contributed by atoms with van der Waals surface area (Å²) in [6, 6.07) is 0. The number of nitrogens with two attached hydrogens (primary N) is 1. The summed E-state index contributed by atoms with van der Waals surface area (Å²) in [5, 5.41) is -0.391. The zero-order chi connectivity index (χ0) is 11.5. The van der Waals surface area contributed by atoms with Crippen LogP contribution in [0.15, 0.2) is 0 Å². The normalized spacial score (nSPS) is 23.9. The fraction of sp³-hybridized carbons (Fsp3) is 0.875. The van der Waals surface area contributed by atoms with Crippen LogP contribution < -0.4 is 10.5 Å². The Bertz CT molecular complexity index is 323. The molecular weight excluding hydrogens is 252 g/mol. The molecule has 88 valence electrons. The molecule has 0 spiro atoms. The van der Waals surface area contributed by atoms with Crippen molar-refractivity contribution in [1.29, 1.82) is 0 Å². The van der Waals surface area contributed by atoms with Crippen LogP contribution in [0.3, 0.4) is 0 Å². The lowest BCUT2D eigenvalue weighted by molar-refractivity contribution is 0.576. The molecule has 0 radical (unpaired) electrons. The smallest absolute Gasteiger partial charge is 0.220 e. The molecule has 4 nitrogen and oxygen atoms in total. The van der Waals surface area contributed by atoms with E-state index in [-0.39, 0.29) is 4.99 Å². The zero-order valence-corrected chi connectivity index (χ0v) is 11.1. The van der Waals surface area contributed by atoms with Crippen molar-refractivity contribution in [3.63, 3.8) is 0 Å². The number of thioether (sulfide) groups is 1. The van der Waals surface area contributed by atoms with E-state index in [2.05, 4.69) is 16.9 Å². The second kappa shape index (κ2) is 5.47. The molecule has 2 atom stereocenters. The Morgan fingerprint density at radius 1 is 1.73 bits per heavy atom. The molecule has 1 saturated heterocycles. The van der Waals surface area contributed by atoms with Gasteiger partial charge in [-0.3, -0.25) is 0 Å². The summed E-state index contributed by atoms with van der Waals surface area (Å²) < 4.78 is 25.8. The summed E-state index contributed by atoms with van der Waals surface area (Å²) in [4.78, 5) is 0.0153. The first-order valence-corrected chi connectivity index (χ1v) is 7.83.